The molecule has 0 atom stereocenters. The fourth-order valence-electron chi connectivity index (χ4n) is 1.26. The first-order chi connectivity index (χ1) is 8.56. The van der Waals surface area contributed by atoms with Crippen LogP contribution in [0.1, 0.15) is 5.56 Å². The maximum Gasteiger partial charge on any atom is 0.243 e. The highest BCUT2D eigenvalue weighted by Gasteiger charge is 2.08. The Morgan fingerprint density at radius 2 is 1.94 bits per heavy atom. The molecule has 0 saturated carbocycles. The van der Waals surface area contributed by atoms with E-state index in [4.69, 9.17) is 17.3 Å². The van der Waals surface area contributed by atoms with Gasteiger partial charge < -0.3 is 10.8 Å². The van der Waals surface area contributed by atoms with E-state index >= 15 is 0 Å². The van der Waals surface area contributed by atoms with Crippen molar-refractivity contribution in [2.75, 3.05) is 5.73 Å². The molecule has 0 spiro atoms. The summed E-state index contributed by atoms with van der Waals surface area (Å²) in [6, 6.07) is 7.04. The van der Waals surface area contributed by atoms with Crippen LogP contribution >= 0.6 is 24.2 Å². The number of nitrogens with zero attached hydrogens (tertiary/aromatic N) is 3. The summed E-state index contributed by atoms with van der Waals surface area (Å²) in [6.07, 6.45) is 1.53. The van der Waals surface area contributed by atoms with Crippen LogP contribution in [0, 0.1) is 0 Å². The van der Waals surface area contributed by atoms with Crippen molar-refractivity contribution in [2.24, 2.45) is 4.99 Å². The standard InChI is InChI=1S/C11H9ClN4OS/c12-7-3-1-6(2-4-7)5-14-8-9(13)15-11(18)16-10(8)17/h1-5H,(H4,13,15,16,17,18)/b14-5+. The largest absolute Gasteiger partial charge is 0.492 e. The first kappa shape index (κ1) is 12.7. The maximum absolute atomic E-state index is 9.58. The summed E-state index contributed by atoms with van der Waals surface area (Å²) in [6.45, 7) is 0. The molecule has 3 N–H and O–H groups in total. The minimum absolute atomic E-state index is 0.0673. The second kappa shape index (κ2) is 5.24. The lowest BCUT2D eigenvalue weighted by Gasteiger charge is -2.02. The molecular formula is C11H9ClN4OS. The summed E-state index contributed by atoms with van der Waals surface area (Å²) in [5.74, 6) is -0.240. The smallest absolute Gasteiger partial charge is 0.243 e. The van der Waals surface area contributed by atoms with Crippen LogP contribution in [-0.4, -0.2) is 21.3 Å². The highest BCUT2D eigenvalue weighted by atomic mass is 35.5. The minimum atomic E-state index is -0.308. The highest BCUT2D eigenvalue weighted by Crippen LogP contribution is 2.29. The van der Waals surface area contributed by atoms with Crippen molar-refractivity contribution < 1.29 is 5.11 Å². The third kappa shape index (κ3) is 2.91. The highest BCUT2D eigenvalue weighted by molar-refractivity contribution is 7.80. The molecule has 1 aromatic carbocycles. The van der Waals surface area contributed by atoms with Crippen molar-refractivity contribution in [2.45, 2.75) is 5.16 Å². The Hall–Kier alpha value is -1.79. The van der Waals surface area contributed by atoms with E-state index in [1.807, 2.05) is 0 Å². The second-order valence-electron chi connectivity index (χ2n) is 3.39. The zero-order valence-corrected chi connectivity index (χ0v) is 10.7. The van der Waals surface area contributed by atoms with Gasteiger partial charge in [0.25, 0.3) is 0 Å². The van der Waals surface area contributed by atoms with Gasteiger partial charge in [-0.05, 0) is 17.7 Å². The quantitative estimate of drug-likeness (QED) is 0.448. The van der Waals surface area contributed by atoms with E-state index in [2.05, 4.69) is 27.6 Å². The first-order valence-electron chi connectivity index (χ1n) is 4.91. The van der Waals surface area contributed by atoms with Gasteiger partial charge >= 0.3 is 0 Å². The molecule has 7 heteroatoms. The molecule has 2 rings (SSSR count). The Labute approximate surface area is 114 Å². The molecule has 18 heavy (non-hydrogen) atoms. The summed E-state index contributed by atoms with van der Waals surface area (Å²) in [7, 11) is 0. The van der Waals surface area contributed by atoms with Crippen LogP contribution in [0.5, 0.6) is 5.88 Å². The van der Waals surface area contributed by atoms with Gasteiger partial charge in [0, 0.05) is 11.2 Å². The van der Waals surface area contributed by atoms with Crippen molar-refractivity contribution in [3.05, 3.63) is 34.9 Å². The second-order valence-corrected chi connectivity index (χ2v) is 4.23. The number of anilines is 1. The maximum atomic E-state index is 9.58. The molecule has 0 amide bonds. The number of nitrogen functional groups attached to an aromatic ring is 1. The van der Waals surface area contributed by atoms with E-state index in [9.17, 15) is 5.11 Å². The molecule has 5 nitrogen and oxygen atoms in total. The number of aromatic nitrogens is 2. The number of aromatic hydroxyl groups is 1. The van der Waals surface area contributed by atoms with Gasteiger partial charge in [-0.15, -0.1) is 12.6 Å². The molecule has 1 aromatic heterocycles. The van der Waals surface area contributed by atoms with Crippen LogP contribution in [0.4, 0.5) is 11.5 Å². The summed E-state index contributed by atoms with van der Waals surface area (Å²) in [5.41, 5.74) is 6.54. The number of hydrogen-bond acceptors (Lipinski definition) is 6. The average molecular weight is 281 g/mol. The number of benzene rings is 1. The Morgan fingerprint density at radius 1 is 1.28 bits per heavy atom. The predicted octanol–water partition coefficient (Wildman–Crippen LogP) is 2.46. The molecule has 0 bridgehead atoms. The number of halogens is 1. The molecular weight excluding hydrogens is 272 g/mol. The fourth-order valence-corrected chi connectivity index (χ4v) is 1.59. The zero-order valence-electron chi connectivity index (χ0n) is 9.08. The number of aliphatic imine (C=N–C) groups is 1. The van der Waals surface area contributed by atoms with Crippen LogP contribution < -0.4 is 5.73 Å². The van der Waals surface area contributed by atoms with Crippen molar-refractivity contribution in [1.29, 1.82) is 0 Å². The fraction of sp³-hybridized carbons (Fsp3) is 0. The van der Waals surface area contributed by atoms with E-state index < -0.39 is 0 Å². The topological polar surface area (TPSA) is 84.4 Å². The van der Waals surface area contributed by atoms with Gasteiger partial charge in [-0.3, -0.25) is 0 Å². The zero-order chi connectivity index (χ0) is 13.1. The van der Waals surface area contributed by atoms with Gasteiger partial charge in [0.15, 0.2) is 16.7 Å². The summed E-state index contributed by atoms with van der Waals surface area (Å²) < 4.78 is 0. The molecule has 0 radical (unpaired) electrons. The molecule has 0 aliphatic carbocycles. The predicted molar refractivity (Wildman–Crippen MR) is 74.1 cm³/mol. The lowest BCUT2D eigenvalue weighted by molar-refractivity contribution is 0.448. The van der Waals surface area contributed by atoms with E-state index in [-0.39, 0.29) is 22.5 Å². The molecule has 0 fully saturated rings. The summed E-state index contributed by atoms with van der Waals surface area (Å²) in [4.78, 5) is 11.5. The van der Waals surface area contributed by atoms with Crippen LogP contribution in [0.3, 0.4) is 0 Å². The van der Waals surface area contributed by atoms with Crippen LogP contribution in [-0.2, 0) is 0 Å². The molecule has 92 valence electrons. The van der Waals surface area contributed by atoms with E-state index in [0.29, 0.717) is 5.02 Å². The first-order valence-corrected chi connectivity index (χ1v) is 5.74. The van der Waals surface area contributed by atoms with Crippen molar-refractivity contribution in [3.8, 4) is 5.88 Å². The molecule has 0 aliphatic heterocycles. The Balaban J connectivity index is 2.31. The van der Waals surface area contributed by atoms with Crippen molar-refractivity contribution >= 4 is 41.9 Å². The van der Waals surface area contributed by atoms with Gasteiger partial charge in [-0.1, -0.05) is 23.7 Å². The van der Waals surface area contributed by atoms with Crippen LogP contribution in [0.2, 0.25) is 5.02 Å². The number of rotatable bonds is 2. The Morgan fingerprint density at radius 3 is 2.56 bits per heavy atom. The van der Waals surface area contributed by atoms with Crippen LogP contribution in [0.15, 0.2) is 34.4 Å². The summed E-state index contributed by atoms with van der Waals surface area (Å²) >= 11 is 9.66. The SMILES string of the molecule is Nc1nc(S)nc(O)c1/N=C/c1ccc(Cl)cc1. The number of hydrogen-bond donors (Lipinski definition) is 3. The van der Waals surface area contributed by atoms with Gasteiger partial charge in [0.1, 0.15) is 0 Å². The monoisotopic (exact) mass is 280 g/mol. The van der Waals surface area contributed by atoms with Crippen molar-refractivity contribution in [1.82, 2.24) is 9.97 Å². The number of nitrogens with two attached hydrogens (primary N) is 1. The van der Waals surface area contributed by atoms with E-state index in [1.165, 1.54) is 6.21 Å². The van der Waals surface area contributed by atoms with Gasteiger partial charge in [0.05, 0.1) is 0 Å². The lowest BCUT2D eigenvalue weighted by Crippen LogP contribution is -1.94. The normalized spacial score (nSPS) is 11.0. The van der Waals surface area contributed by atoms with E-state index in [1.54, 1.807) is 24.3 Å². The molecule has 2 aromatic rings. The molecule has 0 aliphatic rings. The summed E-state index contributed by atoms with van der Waals surface area (Å²) in [5, 5.41) is 10.3. The van der Waals surface area contributed by atoms with Gasteiger partial charge in [-0.2, -0.15) is 4.98 Å². The molecule has 0 unspecified atom stereocenters. The minimum Gasteiger partial charge on any atom is -0.492 e. The Kier molecular flexibility index (Phi) is 3.69. The number of thiol groups is 1. The average Bonchev–Trinajstić information content (AvgIpc) is 2.30. The molecule has 1 heterocycles. The van der Waals surface area contributed by atoms with Gasteiger partial charge in [-0.25, -0.2) is 9.98 Å². The van der Waals surface area contributed by atoms with Crippen molar-refractivity contribution in [3.63, 3.8) is 0 Å². The lowest BCUT2D eigenvalue weighted by atomic mass is 10.2. The molecule has 0 saturated heterocycles. The van der Waals surface area contributed by atoms with Crippen LogP contribution in [0.25, 0.3) is 0 Å². The third-order valence-corrected chi connectivity index (χ3v) is 2.55. The van der Waals surface area contributed by atoms with E-state index in [0.717, 1.165) is 5.56 Å². The van der Waals surface area contributed by atoms with Gasteiger partial charge in [0.2, 0.25) is 5.88 Å². The Bertz CT molecular complexity index is 577. The third-order valence-electron chi connectivity index (χ3n) is 2.09.